The van der Waals surface area contributed by atoms with Gasteiger partial charge in [-0.15, -0.1) is 0 Å². The third-order valence-corrected chi connectivity index (χ3v) is 3.47. The summed E-state index contributed by atoms with van der Waals surface area (Å²) >= 11 is 0. The molecule has 4 nitrogen and oxygen atoms in total. The maximum atomic E-state index is 11.7. The van der Waals surface area contributed by atoms with Crippen molar-refractivity contribution >= 4 is 10.0 Å². The molecule has 2 N–H and O–H groups in total. The lowest BCUT2D eigenvalue weighted by Crippen LogP contribution is -2.37. The standard InChI is InChI=1S/C7H15FN2O2S/c8-3-1-5-13(11,12)10-7-2-4-9-6-7/h7,9-10H,1-6H2. The van der Waals surface area contributed by atoms with Crippen molar-refractivity contribution in [2.24, 2.45) is 0 Å². The van der Waals surface area contributed by atoms with Crippen LogP contribution in [0.3, 0.4) is 0 Å². The molecular formula is C7H15FN2O2S. The van der Waals surface area contributed by atoms with Crippen LogP contribution in [0.15, 0.2) is 0 Å². The van der Waals surface area contributed by atoms with E-state index in [0.29, 0.717) is 6.54 Å². The molecule has 1 rings (SSSR count). The van der Waals surface area contributed by atoms with Gasteiger partial charge in [0, 0.05) is 12.6 Å². The second kappa shape index (κ2) is 4.88. The van der Waals surface area contributed by atoms with Crippen LogP contribution in [0.5, 0.6) is 0 Å². The normalized spacial score (nSPS) is 23.6. The highest BCUT2D eigenvalue weighted by Gasteiger charge is 2.20. The molecule has 6 heteroatoms. The zero-order chi connectivity index (χ0) is 9.73. The van der Waals surface area contributed by atoms with Crippen LogP contribution in [0.25, 0.3) is 0 Å². The lowest BCUT2D eigenvalue weighted by atomic mass is 10.3. The van der Waals surface area contributed by atoms with E-state index < -0.39 is 16.7 Å². The molecule has 0 aliphatic carbocycles. The molecule has 13 heavy (non-hydrogen) atoms. The first-order valence-corrected chi connectivity index (χ1v) is 6.06. The molecule has 0 aromatic carbocycles. The predicted molar refractivity (Wildman–Crippen MR) is 48.8 cm³/mol. The Labute approximate surface area is 77.9 Å². The van der Waals surface area contributed by atoms with Gasteiger partial charge in [0.05, 0.1) is 12.4 Å². The summed E-state index contributed by atoms with van der Waals surface area (Å²) in [5, 5.41) is 3.05. The summed E-state index contributed by atoms with van der Waals surface area (Å²) in [6.07, 6.45) is 0.893. The first-order chi connectivity index (χ1) is 6.14. The minimum absolute atomic E-state index is 0.00962. The van der Waals surface area contributed by atoms with Crippen molar-refractivity contribution in [1.29, 1.82) is 0 Å². The number of hydrogen-bond donors (Lipinski definition) is 2. The van der Waals surface area contributed by atoms with Gasteiger partial charge in [-0.25, -0.2) is 13.1 Å². The van der Waals surface area contributed by atoms with Crippen molar-refractivity contribution in [3.05, 3.63) is 0 Å². The summed E-state index contributed by atoms with van der Waals surface area (Å²) in [6.45, 7) is 0.939. The SMILES string of the molecule is O=S(=O)(CCCF)NC1CCNC1. The van der Waals surface area contributed by atoms with Gasteiger partial charge in [-0.2, -0.15) is 0 Å². The Balaban J connectivity index is 2.32. The van der Waals surface area contributed by atoms with Crippen molar-refractivity contribution in [3.63, 3.8) is 0 Å². The Bertz CT molecular complexity index is 237. The van der Waals surface area contributed by atoms with Crippen LogP contribution >= 0.6 is 0 Å². The quantitative estimate of drug-likeness (QED) is 0.651. The maximum absolute atomic E-state index is 11.7. The zero-order valence-corrected chi connectivity index (χ0v) is 8.24. The number of hydrogen-bond acceptors (Lipinski definition) is 3. The Morgan fingerprint density at radius 1 is 1.54 bits per heavy atom. The molecule has 1 atom stereocenters. The lowest BCUT2D eigenvalue weighted by Gasteiger charge is -2.10. The van der Waals surface area contributed by atoms with E-state index in [4.69, 9.17) is 0 Å². The van der Waals surface area contributed by atoms with Crippen LogP contribution in [0.1, 0.15) is 12.8 Å². The van der Waals surface area contributed by atoms with Gasteiger partial charge in [0.1, 0.15) is 0 Å². The van der Waals surface area contributed by atoms with Gasteiger partial charge in [-0.05, 0) is 19.4 Å². The average molecular weight is 210 g/mol. The highest BCUT2D eigenvalue weighted by molar-refractivity contribution is 7.89. The highest BCUT2D eigenvalue weighted by atomic mass is 32.2. The molecule has 0 aromatic rings. The molecule has 1 unspecified atom stereocenters. The number of rotatable bonds is 5. The van der Waals surface area contributed by atoms with E-state index in [0.717, 1.165) is 13.0 Å². The minimum Gasteiger partial charge on any atom is -0.315 e. The van der Waals surface area contributed by atoms with Crippen molar-refractivity contribution in [2.75, 3.05) is 25.5 Å². The van der Waals surface area contributed by atoms with E-state index in [1.807, 2.05) is 0 Å². The average Bonchev–Trinajstić information content (AvgIpc) is 2.52. The minimum atomic E-state index is -3.26. The fourth-order valence-electron chi connectivity index (χ4n) is 1.31. The number of sulfonamides is 1. The fraction of sp³-hybridized carbons (Fsp3) is 1.00. The molecule has 1 aliphatic rings. The molecule has 1 saturated heterocycles. The Morgan fingerprint density at radius 2 is 2.31 bits per heavy atom. The Morgan fingerprint density at radius 3 is 2.85 bits per heavy atom. The third kappa shape index (κ3) is 4.02. The van der Waals surface area contributed by atoms with Gasteiger partial charge in [0.25, 0.3) is 0 Å². The molecule has 0 aromatic heterocycles. The van der Waals surface area contributed by atoms with Gasteiger partial charge in [-0.1, -0.05) is 0 Å². The molecule has 78 valence electrons. The van der Waals surface area contributed by atoms with Gasteiger partial charge >= 0.3 is 0 Å². The van der Waals surface area contributed by atoms with Crippen LogP contribution in [-0.4, -0.2) is 40.0 Å². The van der Waals surface area contributed by atoms with E-state index >= 15 is 0 Å². The summed E-state index contributed by atoms with van der Waals surface area (Å²) in [5.74, 6) is -0.111. The first-order valence-electron chi connectivity index (χ1n) is 4.41. The number of alkyl halides is 1. The molecule has 1 fully saturated rings. The van der Waals surface area contributed by atoms with Crippen LogP contribution < -0.4 is 10.0 Å². The monoisotopic (exact) mass is 210 g/mol. The predicted octanol–water partition coefficient (Wildman–Crippen LogP) is -0.373. The van der Waals surface area contributed by atoms with E-state index in [-0.39, 0.29) is 18.2 Å². The maximum Gasteiger partial charge on any atom is 0.211 e. The van der Waals surface area contributed by atoms with Gasteiger partial charge in [-0.3, -0.25) is 4.39 Å². The van der Waals surface area contributed by atoms with Crippen molar-refractivity contribution < 1.29 is 12.8 Å². The molecule has 1 aliphatic heterocycles. The van der Waals surface area contributed by atoms with Crippen LogP contribution in [-0.2, 0) is 10.0 Å². The van der Waals surface area contributed by atoms with E-state index in [1.54, 1.807) is 0 Å². The molecule has 1 heterocycles. The topological polar surface area (TPSA) is 58.2 Å². The first kappa shape index (κ1) is 10.9. The van der Waals surface area contributed by atoms with Crippen molar-refractivity contribution in [2.45, 2.75) is 18.9 Å². The molecule has 0 saturated carbocycles. The molecular weight excluding hydrogens is 195 g/mol. The van der Waals surface area contributed by atoms with E-state index in [2.05, 4.69) is 10.0 Å². The number of halogens is 1. The summed E-state index contributed by atoms with van der Waals surface area (Å²) in [6, 6.07) is -0.00962. The third-order valence-electron chi connectivity index (χ3n) is 1.95. The fourth-order valence-corrected chi connectivity index (χ4v) is 2.63. The molecule has 0 spiro atoms. The van der Waals surface area contributed by atoms with Gasteiger partial charge in [0.15, 0.2) is 0 Å². The molecule has 0 radical (unpaired) electrons. The Kier molecular flexibility index (Phi) is 4.08. The smallest absolute Gasteiger partial charge is 0.211 e. The summed E-state index contributed by atoms with van der Waals surface area (Å²) in [7, 11) is -3.26. The van der Waals surface area contributed by atoms with E-state index in [1.165, 1.54) is 0 Å². The van der Waals surface area contributed by atoms with Crippen LogP contribution in [0, 0.1) is 0 Å². The summed E-state index contributed by atoms with van der Waals surface area (Å²) < 4.78 is 36.7. The van der Waals surface area contributed by atoms with Crippen molar-refractivity contribution in [3.8, 4) is 0 Å². The Hall–Kier alpha value is -0.200. The van der Waals surface area contributed by atoms with Crippen molar-refractivity contribution in [1.82, 2.24) is 10.0 Å². The summed E-state index contributed by atoms with van der Waals surface area (Å²) in [4.78, 5) is 0. The van der Waals surface area contributed by atoms with Crippen LogP contribution in [0.2, 0.25) is 0 Å². The van der Waals surface area contributed by atoms with Gasteiger partial charge in [0.2, 0.25) is 10.0 Å². The van der Waals surface area contributed by atoms with Gasteiger partial charge < -0.3 is 5.32 Å². The second-order valence-corrected chi connectivity index (χ2v) is 5.04. The second-order valence-electron chi connectivity index (χ2n) is 3.17. The molecule has 0 bridgehead atoms. The zero-order valence-electron chi connectivity index (χ0n) is 7.42. The van der Waals surface area contributed by atoms with Crippen LogP contribution in [0.4, 0.5) is 4.39 Å². The highest BCUT2D eigenvalue weighted by Crippen LogP contribution is 2.00. The lowest BCUT2D eigenvalue weighted by molar-refractivity contribution is 0.481. The largest absolute Gasteiger partial charge is 0.315 e. The molecule has 0 amide bonds. The summed E-state index contributed by atoms with van der Waals surface area (Å²) in [5.41, 5.74) is 0. The number of nitrogens with one attached hydrogen (secondary N) is 2. The van der Waals surface area contributed by atoms with E-state index in [9.17, 15) is 12.8 Å².